The van der Waals surface area contributed by atoms with E-state index in [9.17, 15) is 0 Å². The maximum atomic E-state index is 6.11. The molecule has 1 unspecified atom stereocenters. The molecule has 2 aliphatic heterocycles. The van der Waals surface area contributed by atoms with E-state index in [2.05, 4.69) is 15.1 Å². The zero-order chi connectivity index (χ0) is 15.5. The van der Waals surface area contributed by atoms with Crippen molar-refractivity contribution in [3.63, 3.8) is 0 Å². The molecule has 0 radical (unpaired) electrons. The Morgan fingerprint density at radius 1 is 1.26 bits per heavy atom. The van der Waals surface area contributed by atoms with Gasteiger partial charge in [-0.25, -0.2) is 0 Å². The van der Waals surface area contributed by atoms with Crippen molar-refractivity contribution >= 4 is 11.3 Å². The number of nitrogens with zero attached hydrogens (tertiary/aromatic N) is 3. The Balaban J connectivity index is 1.30. The first-order valence-corrected chi connectivity index (χ1v) is 9.08. The highest BCUT2D eigenvalue weighted by atomic mass is 32.1. The molecular formula is C16H21N3O3S. The largest absolute Gasteiger partial charge is 0.381 e. The van der Waals surface area contributed by atoms with Gasteiger partial charge in [0.25, 0.3) is 0 Å². The van der Waals surface area contributed by atoms with Crippen LogP contribution in [0.15, 0.2) is 16.2 Å². The Morgan fingerprint density at radius 3 is 2.91 bits per heavy atom. The van der Waals surface area contributed by atoms with Crippen LogP contribution < -0.4 is 0 Å². The Kier molecular flexibility index (Phi) is 4.41. The Bertz CT molecular complexity index is 612. The van der Waals surface area contributed by atoms with Crippen LogP contribution in [0.2, 0.25) is 0 Å². The van der Waals surface area contributed by atoms with Gasteiger partial charge in [-0.15, -0.1) is 11.3 Å². The molecule has 1 atom stereocenters. The van der Waals surface area contributed by atoms with Crippen molar-refractivity contribution in [2.24, 2.45) is 5.41 Å². The van der Waals surface area contributed by atoms with Crippen molar-refractivity contribution in [1.82, 2.24) is 15.1 Å². The maximum Gasteiger partial charge on any atom is 0.231 e. The first kappa shape index (κ1) is 15.2. The highest BCUT2D eigenvalue weighted by Crippen LogP contribution is 2.40. The van der Waals surface area contributed by atoms with Gasteiger partial charge in [0, 0.05) is 30.7 Å². The summed E-state index contributed by atoms with van der Waals surface area (Å²) in [6.07, 6.45) is 7.97. The summed E-state index contributed by atoms with van der Waals surface area (Å²) in [7, 11) is 0. The van der Waals surface area contributed by atoms with E-state index in [1.165, 1.54) is 6.42 Å². The topological polar surface area (TPSA) is 70.3 Å². The van der Waals surface area contributed by atoms with Crippen molar-refractivity contribution in [1.29, 1.82) is 0 Å². The molecule has 2 aromatic heterocycles. The molecule has 2 aliphatic rings. The summed E-state index contributed by atoms with van der Waals surface area (Å²) in [6.45, 7) is 2.59. The Labute approximate surface area is 139 Å². The van der Waals surface area contributed by atoms with Crippen LogP contribution in [0, 0.1) is 5.41 Å². The van der Waals surface area contributed by atoms with E-state index in [0.29, 0.717) is 17.7 Å². The maximum absolute atomic E-state index is 6.11. The summed E-state index contributed by atoms with van der Waals surface area (Å²) in [5.41, 5.74) is 2.16. The van der Waals surface area contributed by atoms with Crippen molar-refractivity contribution in [3.05, 3.63) is 28.3 Å². The second kappa shape index (κ2) is 6.67. The molecule has 2 fully saturated rings. The molecule has 23 heavy (non-hydrogen) atoms. The number of aromatic nitrogens is 3. The van der Waals surface area contributed by atoms with E-state index in [1.807, 2.05) is 11.7 Å². The lowest BCUT2D eigenvalue weighted by Crippen LogP contribution is -2.40. The third-order valence-corrected chi connectivity index (χ3v) is 5.68. The lowest BCUT2D eigenvalue weighted by Gasteiger charge is -2.42. The van der Waals surface area contributed by atoms with Gasteiger partial charge in [0.2, 0.25) is 5.89 Å². The molecule has 6 nitrogen and oxygen atoms in total. The third-order valence-electron chi connectivity index (χ3n) is 4.90. The summed E-state index contributed by atoms with van der Waals surface area (Å²) in [4.78, 5) is 9.68. The molecule has 2 saturated heterocycles. The van der Waals surface area contributed by atoms with Gasteiger partial charge in [-0.2, -0.15) is 4.98 Å². The van der Waals surface area contributed by atoms with Gasteiger partial charge >= 0.3 is 0 Å². The van der Waals surface area contributed by atoms with Gasteiger partial charge in [-0.1, -0.05) is 5.16 Å². The Morgan fingerprint density at radius 2 is 2.17 bits per heavy atom. The van der Waals surface area contributed by atoms with Crippen LogP contribution in [0.3, 0.4) is 0 Å². The van der Waals surface area contributed by atoms with Crippen LogP contribution in [0.25, 0.3) is 0 Å². The fourth-order valence-electron chi connectivity index (χ4n) is 3.40. The summed E-state index contributed by atoms with van der Waals surface area (Å²) >= 11 is 1.60. The molecule has 0 saturated carbocycles. The normalized spacial score (nSPS) is 24.1. The fourth-order valence-corrected chi connectivity index (χ4v) is 3.99. The van der Waals surface area contributed by atoms with E-state index < -0.39 is 0 Å². The fraction of sp³-hybridized carbons (Fsp3) is 0.688. The molecule has 4 heterocycles. The van der Waals surface area contributed by atoms with Gasteiger partial charge in [0.15, 0.2) is 5.82 Å². The van der Waals surface area contributed by atoms with E-state index >= 15 is 0 Å². The first-order valence-electron chi connectivity index (χ1n) is 8.20. The molecule has 124 valence electrons. The van der Waals surface area contributed by atoms with Crippen LogP contribution in [-0.4, -0.2) is 41.0 Å². The number of thiazole rings is 1. The molecule has 2 aromatic rings. The summed E-state index contributed by atoms with van der Waals surface area (Å²) in [5, 5.41) is 4.09. The lowest BCUT2D eigenvalue weighted by molar-refractivity contribution is -0.105. The van der Waals surface area contributed by atoms with Gasteiger partial charge in [0.1, 0.15) is 0 Å². The molecule has 0 bridgehead atoms. The Hall–Kier alpha value is -1.31. The number of ether oxygens (including phenoxy) is 2. The highest BCUT2D eigenvalue weighted by Gasteiger charge is 2.37. The van der Waals surface area contributed by atoms with Crippen LogP contribution in [-0.2, 0) is 22.3 Å². The van der Waals surface area contributed by atoms with Crippen molar-refractivity contribution in [3.8, 4) is 0 Å². The number of hydrogen-bond acceptors (Lipinski definition) is 7. The average molecular weight is 335 g/mol. The predicted molar refractivity (Wildman–Crippen MR) is 84.4 cm³/mol. The molecular weight excluding hydrogens is 314 g/mol. The lowest BCUT2D eigenvalue weighted by atomic mass is 9.75. The smallest absolute Gasteiger partial charge is 0.231 e. The van der Waals surface area contributed by atoms with E-state index in [0.717, 1.165) is 56.2 Å². The SMILES string of the molecule is c1ncc(Cc2nc(CC3CCC4(CCOCC4)CO3)no2)s1. The first-order chi connectivity index (χ1) is 11.3. The molecule has 0 N–H and O–H groups in total. The van der Waals surface area contributed by atoms with Crippen LogP contribution in [0.4, 0.5) is 0 Å². The van der Waals surface area contributed by atoms with Crippen molar-refractivity contribution in [2.75, 3.05) is 19.8 Å². The minimum Gasteiger partial charge on any atom is -0.381 e. The molecule has 1 spiro atoms. The van der Waals surface area contributed by atoms with Crippen molar-refractivity contribution in [2.45, 2.75) is 44.6 Å². The average Bonchev–Trinajstić information content (AvgIpc) is 3.24. The zero-order valence-corrected chi connectivity index (χ0v) is 13.9. The van der Waals surface area contributed by atoms with Crippen LogP contribution >= 0.6 is 11.3 Å². The summed E-state index contributed by atoms with van der Waals surface area (Å²) in [6, 6.07) is 0. The number of rotatable bonds is 4. The van der Waals surface area contributed by atoms with E-state index in [-0.39, 0.29) is 6.10 Å². The van der Waals surface area contributed by atoms with Crippen LogP contribution in [0.1, 0.15) is 42.3 Å². The van der Waals surface area contributed by atoms with Crippen LogP contribution in [0.5, 0.6) is 0 Å². The quantitative estimate of drug-likeness (QED) is 0.855. The molecule has 0 amide bonds. The minimum absolute atomic E-state index is 0.206. The second-order valence-electron chi connectivity index (χ2n) is 6.54. The zero-order valence-electron chi connectivity index (χ0n) is 13.1. The molecule has 0 aromatic carbocycles. The van der Waals surface area contributed by atoms with Gasteiger partial charge < -0.3 is 14.0 Å². The standard InChI is InChI=1S/C16H21N3O3S/c1-2-16(3-5-20-6-4-16)10-21-12(1)7-14-18-15(22-19-14)8-13-9-17-11-23-13/h9,11-12H,1-8,10H2. The van der Waals surface area contributed by atoms with Gasteiger partial charge in [0.05, 0.1) is 24.6 Å². The van der Waals surface area contributed by atoms with E-state index in [1.54, 1.807) is 11.3 Å². The third kappa shape index (κ3) is 3.62. The van der Waals surface area contributed by atoms with Gasteiger partial charge in [-0.3, -0.25) is 4.98 Å². The minimum atomic E-state index is 0.206. The van der Waals surface area contributed by atoms with E-state index in [4.69, 9.17) is 14.0 Å². The highest BCUT2D eigenvalue weighted by molar-refractivity contribution is 7.09. The summed E-state index contributed by atoms with van der Waals surface area (Å²) < 4.78 is 16.9. The monoisotopic (exact) mass is 335 g/mol. The predicted octanol–water partition coefficient (Wildman–Crippen LogP) is 2.64. The van der Waals surface area contributed by atoms with Gasteiger partial charge in [-0.05, 0) is 31.1 Å². The second-order valence-corrected chi connectivity index (χ2v) is 7.51. The van der Waals surface area contributed by atoms with Crippen molar-refractivity contribution < 1.29 is 14.0 Å². The number of hydrogen-bond donors (Lipinski definition) is 0. The molecule has 4 rings (SSSR count). The molecule has 7 heteroatoms. The summed E-state index contributed by atoms with van der Waals surface area (Å²) in [5.74, 6) is 1.40. The molecule has 0 aliphatic carbocycles.